The van der Waals surface area contributed by atoms with E-state index in [0.717, 1.165) is 103 Å². The lowest BCUT2D eigenvalue weighted by molar-refractivity contribution is -0.167. The highest BCUT2D eigenvalue weighted by molar-refractivity contribution is 5.71. The van der Waals surface area contributed by atoms with Crippen molar-refractivity contribution in [3.8, 4) is 0 Å². The first-order valence-electron chi connectivity index (χ1n) is 32.4. The van der Waals surface area contributed by atoms with Crippen molar-refractivity contribution in [2.75, 3.05) is 13.2 Å². The second kappa shape index (κ2) is 64.6. The van der Waals surface area contributed by atoms with E-state index >= 15 is 0 Å². The van der Waals surface area contributed by atoms with Crippen molar-refractivity contribution in [2.45, 2.75) is 309 Å². The van der Waals surface area contributed by atoms with Crippen molar-refractivity contribution in [1.29, 1.82) is 0 Å². The summed E-state index contributed by atoms with van der Waals surface area (Å²) in [4.78, 5) is 38.3. The van der Waals surface area contributed by atoms with Crippen LogP contribution in [0.2, 0.25) is 0 Å². The Balaban J connectivity index is 4.47. The summed E-state index contributed by atoms with van der Waals surface area (Å²) >= 11 is 0. The molecule has 0 rings (SSSR count). The number of unbranched alkanes of at least 4 members (excludes halogenated alkanes) is 29. The van der Waals surface area contributed by atoms with Gasteiger partial charge in [0, 0.05) is 19.3 Å². The van der Waals surface area contributed by atoms with Gasteiger partial charge in [-0.3, -0.25) is 14.4 Å². The average molecular weight is 1070 g/mol. The van der Waals surface area contributed by atoms with E-state index in [1.54, 1.807) is 0 Å². The van der Waals surface area contributed by atoms with Crippen molar-refractivity contribution >= 4 is 17.9 Å². The maximum absolute atomic E-state index is 12.9. The number of rotatable bonds is 58. The van der Waals surface area contributed by atoms with Gasteiger partial charge in [-0.05, 0) is 122 Å². The highest BCUT2D eigenvalue weighted by atomic mass is 16.6. The Hall–Kier alpha value is -3.93. The number of carbonyl (C=O) groups is 3. The van der Waals surface area contributed by atoms with E-state index < -0.39 is 6.10 Å². The lowest BCUT2D eigenvalue weighted by Crippen LogP contribution is -2.30. The summed E-state index contributed by atoms with van der Waals surface area (Å²) in [6.07, 6.45) is 88.1. The topological polar surface area (TPSA) is 78.9 Å². The number of hydrogen-bond donors (Lipinski definition) is 0. The van der Waals surface area contributed by atoms with Gasteiger partial charge in [-0.2, -0.15) is 0 Å². The fourth-order valence-corrected chi connectivity index (χ4v) is 8.89. The van der Waals surface area contributed by atoms with Crippen LogP contribution < -0.4 is 0 Å². The van der Waals surface area contributed by atoms with Crippen LogP contribution in [0, 0.1) is 0 Å². The van der Waals surface area contributed by atoms with Crippen molar-refractivity contribution in [3.63, 3.8) is 0 Å². The SMILES string of the molecule is CC/C=C\C/C=C\C/C=C\C/C=C\C/C=C\C/C=C\C/C=C\CCCC(=O)OCC(COC(=O)CCCCCCC/C=C\CCCCCCCC)OC(=O)CCCCCCCCCCC/C=C\CCCCCCCCCC. The molecule has 0 amide bonds. The monoisotopic (exact) mass is 1070 g/mol. The highest BCUT2D eigenvalue weighted by Crippen LogP contribution is 2.15. The standard InChI is InChI=1S/C71H120O6/c1-4-7-10-13-16-19-22-25-28-30-32-34-35-37-38-40-43-46-49-52-55-58-61-64-70(73)76-67-68(66-75-69(72)63-60-57-54-51-48-45-42-27-24-21-18-15-12-9-6-3)77-71(74)65-62-59-56-53-50-47-44-41-39-36-33-31-29-26-23-20-17-14-11-8-5-2/h7,10,16,19,25,27-28,31-34,37-38,42-43,46,52,55,68H,4-6,8-9,11-15,17-18,20-24,26,29-30,35-36,39-41,44-45,47-51,53-54,56-67H2,1-3H3/b10-7-,19-16-,28-25-,33-31-,34-32-,38-37-,42-27-,46-43-,55-52-. The predicted molar refractivity (Wildman–Crippen MR) is 334 cm³/mol. The molecule has 77 heavy (non-hydrogen) atoms. The van der Waals surface area contributed by atoms with Crippen LogP contribution in [-0.4, -0.2) is 37.2 Å². The van der Waals surface area contributed by atoms with Gasteiger partial charge in [0.05, 0.1) is 0 Å². The number of ether oxygens (including phenoxy) is 3. The molecule has 1 atom stereocenters. The van der Waals surface area contributed by atoms with Gasteiger partial charge >= 0.3 is 17.9 Å². The average Bonchev–Trinajstić information content (AvgIpc) is 3.43. The molecule has 0 saturated heterocycles. The molecule has 0 aliphatic rings. The summed E-state index contributed by atoms with van der Waals surface area (Å²) < 4.78 is 16.9. The Morgan fingerprint density at radius 3 is 0.857 bits per heavy atom. The third kappa shape index (κ3) is 62.8. The third-order valence-electron chi connectivity index (χ3n) is 13.7. The van der Waals surface area contributed by atoms with Crippen LogP contribution in [-0.2, 0) is 28.6 Å². The minimum absolute atomic E-state index is 0.101. The Labute approximate surface area is 476 Å². The first-order chi connectivity index (χ1) is 38.0. The minimum atomic E-state index is -0.809. The summed E-state index contributed by atoms with van der Waals surface area (Å²) in [5, 5.41) is 0. The normalized spacial score (nSPS) is 12.8. The van der Waals surface area contributed by atoms with Gasteiger partial charge < -0.3 is 14.2 Å². The molecule has 0 aliphatic carbocycles. The van der Waals surface area contributed by atoms with E-state index in [1.807, 2.05) is 0 Å². The quantitative estimate of drug-likeness (QED) is 0.0261. The minimum Gasteiger partial charge on any atom is -0.462 e. The molecule has 0 heterocycles. The van der Waals surface area contributed by atoms with E-state index in [-0.39, 0.29) is 37.5 Å². The molecule has 0 bridgehead atoms. The third-order valence-corrected chi connectivity index (χ3v) is 13.7. The van der Waals surface area contributed by atoms with Crippen molar-refractivity contribution in [3.05, 3.63) is 109 Å². The van der Waals surface area contributed by atoms with Gasteiger partial charge in [0.1, 0.15) is 13.2 Å². The lowest BCUT2D eigenvalue weighted by atomic mass is 10.1. The molecule has 1 unspecified atom stereocenters. The molecule has 0 aromatic rings. The zero-order valence-electron chi connectivity index (χ0n) is 50.4. The van der Waals surface area contributed by atoms with Gasteiger partial charge in [-0.25, -0.2) is 0 Å². The zero-order valence-corrected chi connectivity index (χ0v) is 50.4. The van der Waals surface area contributed by atoms with E-state index in [4.69, 9.17) is 14.2 Å². The number of carbonyl (C=O) groups excluding carboxylic acids is 3. The van der Waals surface area contributed by atoms with E-state index in [2.05, 4.69) is 130 Å². The Bertz CT molecular complexity index is 1560. The van der Waals surface area contributed by atoms with Crippen LogP contribution >= 0.6 is 0 Å². The number of hydrogen-bond acceptors (Lipinski definition) is 6. The molecule has 0 aromatic carbocycles. The number of esters is 3. The maximum atomic E-state index is 12.9. The lowest BCUT2D eigenvalue weighted by Gasteiger charge is -2.18. The molecule has 0 saturated carbocycles. The fourth-order valence-electron chi connectivity index (χ4n) is 8.89. The van der Waals surface area contributed by atoms with Crippen LogP contribution in [0.5, 0.6) is 0 Å². The highest BCUT2D eigenvalue weighted by Gasteiger charge is 2.19. The molecule has 440 valence electrons. The van der Waals surface area contributed by atoms with Crippen molar-refractivity contribution in [2.24, 2.45) is 0 Å². The van der Waals surface area contributed by atoms with Gasteiger partial charge in [-0.1, -0.05) is 271 Å². The molecule has 0 spiro atoms. The number of allylic oxidation sites excluding steroid dienone is 18. The summed E-state index contributed by atoms with van der Waals surface area (Å²) in [6, 6.07) is 0. The largest absolute Gasteiger partial charge is 0.462 e. The van der Waals surface area contributed by atoms with Gasteiger partial charge in [-0.15, -0.1) is 0 Å². The first kappa shape index (κ1) is 73.1. The fraction of sp³-hybridized carbons (Fsp3) is 0.704. The zero-order chi connectivity index (χ0) is 55.7. The van der Waals surface area contributed by atoms with Crippen LogP contribution in [0.4, 0.5) is 0 Å². The molecule has 0 fully saturated rings. The Morgan fingerprint density at radius 1 is 0.273 bits per heavy atom. The summed E-state index contributed by atoms with van der Waals surface area (Å²) in [5.41, 5.74) is 0. The molecule has 0 N–H and O–H groups in total. The molecule has 0 radical (unpaired) electrons. The maximum Gasteiger partial charge on any atom is 0.306 e. The van der Waals surface area contributed by atoms with Gasteiger partial charge in [0.2, 0.25) is 0 Å². The summed E-state index contributed by atoms with van der Waals surface area (Å²) in [5.74, 6) is -0.965. The van der Waals surface area contributed by atoms with E-state index in [1.165, 1.54) is 154 Å². The molecular formula is C71H120O6. The second-order valence-electron chi connectivity index (χ2n) is 21.3. The van der Waals surface area contributed by atoms with Crippen molar-refractivity contribution in [1.82, 2.24) is 0 Å². The van der Waals surface area contributed by atoms with Crippen LogP contribution in [0.25, 0.3) is 0 Å². The molecule has 0 aliphatic heterocycles. The van der Waals surface area contributed by atoms with E-state index in [0.29, 0.717) is 19.3 Å². The molecular weight excluding hydrogens is 949 g/mol. The van der Waals surface area contributed by atoms with Gasteiger partial charge in [0.25, 0.3) is 0 Å². The molecule has 0 aromatic heterocycles. The van der Waals surface area contributed by atoms with Crippen LogP contribution in [0.3, 0.4) is 0 Å². The smallest absolute Gasteiger partial charge is 0.306 e. The second-order valence-corrected chi connectivity index (χ2v) is 21.3. The summed E-state index contributed by atoms with van der Waals surface area (Å²) in [6.45, 7) is 6.49. The van der Waals surface area contributed by atoms with E-state index in [9.17, 15) is 14.4 Å². The van der Waals surface area contributed by atoms with Gasteiger partial charge in [0.15, 0.2) is 6.10 Å². The van der Waals surface area contributed by atoms with Crippen LogP contribution in [0.1, 0.15) is 303 Å². The van der Waals surface area contributed by atoms with Crippen molar-refractivity contribution < 1.29 is 28.6 Å². The summed E-state index contributed by atoms with van der Waals surface area (Å²) in [7, 11) is 0. The first-order valence-corrected chi connectivity index (χ1v) is 32.4. The molecule has 6 nitrogen and oxygen atoms in total. The Kier molecular flexibility index (Phi) is 61.3. The Morgan fingerprint density at radius 2 is 0.519 bits per heavy atom. The predicted octanol–water partition coefficient (Wildman–Crippen LogP) is 22.2. The molecule has 6 heteroatoms. The van der Waals surface area contributed by atoms with Crippen LogP contribution in [0.15, 0.2) is 109 Å².